The molecule has 0 radical (unpaired) electrons. The molecule has 7 aromatic rings. The molecular weight excluding hydrogens is 1620 g/mol. The summed E-state index contributed by atoms with van der Waals surface area (Å²) >= 11 is 37.0. The van der Waals surface area contributed by atoms with Crippen LogP contribution >= 0.6 is 125 Å². The highest BCUT2D eigenvalue weighted by molar-refractivity contribution is 9.10. The first-order valence-corrected chi connectivity index (χ1v) is 38.3. The van der Waals surface area contributed by atoms with Crippen LogP contribution < -0.4 is 76.2 Å². The number of ketones is 1. The van der Waals surface area contributed by atoms with Crippen molar-refractivity contribution >= 4 is 219 Å². The Kier molecular flexibility index (Phi) is 21.9. The second-order valence-corrected chi connectivity index (χ2v) is 31.3. The number of thioether (sulfide) groups is 4. The summed E-state index contributed by atoms with van der Waals surface area (Å²) in [5.74, 6) is 6.43. The molecule has 42 heteroatoms. The number of carbonyl (C=O) groups excluding carboxylic acids is 8. The third-order valence-electron chi connectivity index (χ3n) is 16.3. The number of hydrogen-bond donors (Lipinski definition) is 11. The molecule has 3 aliphatic carbocycles. The maximum absolute atomic E-state index is 13.1. The van der Waals surface area contributed by atoms with Gasteiger partial charge in [-0.05, 0) is 94.7 Å². The van der Waals surface area contributed by atoms with Gasteiger partial charge in [0, 0.05) is 70.5 Å². The standard InChI is InChI=1S/2C17H15ClN6O3S.C9H6BrClN2O2S.C8H10N4O.C6H4BrClN2O2.C3H4OS/c2*18-9-3-10(16(27)24-13(9)15(26)23-17(24)5-28-6-17)21-11-4-12(20-7-19-11)22-14(25)8-1-2-8;10-4-1-5(11)6-7(14)12-9(2-16-3-9)13(6)8(4)15;9-6-3-7(11-4-10-6)12-8(13)5-1-2-5;7-2-1-3(8)4(5(9)11)10-6(2)12;4-3-1-5-2-3/h2*3-4,7-8H,1-2,5-6H2,(H,23,26)(H2,19,20,21,22,25);1H,2-3H2,(H,12,14);3-5H,1-2H2,(H3,9,10,11,12,13);1H,(H2,9,11)(H,10,12);1-2H2. The predicted octanol–water partition coefficient (Wildman–Crippen LogP) is 6.06. The maximum atomic E-state index is 13.1. The molecule has 532 valence electrons. The van der Waals surface area contributed by atoms with Crippen LogP contribution in [-0.4, -0.2) is 142 Å². The van der Waals surface area contributed by atoms with Gasteiger partial charge < -0.3 is 59.0 Å². The Balaban J connectivity index is 0.000000123. The molecule has 13 N–H and O–H groups in total. The Morgan fingerprint density at radius 3 is 1.15 bits per heavy atom. The van der Waals surface area contributed by atoms with Gasteiger partial charge in [0.1, 0.15) is 105 Å². The van der Waals surface area contributed by atoms with Gasteiger partial charge in [0.05, 0.1) is 40.5 Å². The molecule has 10 aliphatic rings. The minimum Gasteiger partial charge on any atom is -0.384 e. The molecule has 0 bridgehead atoms. The van der Waals surface area contributed by atoms with Crippen LogP contribution in [0.25, 0.3) is 0 Å². The lowest BCUT2D eigenvalue weighted by molar-refractivity contribution is -0.118. The largest absolute Gasteiger partial charge is 0.384 e. The lowest BCUT2D eigenvalue weighted by Gasteiger charge is -2.38. The number of fused-ring (bicyclic) bond motifs is 6. The zero-order valence-corrected chi connectivity index (χ0v) is 61.8. The number of nitrogens with two attached hydrogens (primary N) is 2. The second kappa shape index (κ2) is 30.3. The van der Waals surface area contributed by atoms with E-state index in [0.29, 0.717) is 84.7 Å². The maximum Gasteiger partial charge on any atom is 0.276 e. The summed E-state index contributed by atoms with van der Waals surface area (Å²) < 4.78 is 5.01. The van der Waals surface area contributed by atoms with Crippen LogP contribution in [0.1, 0.15) is 80.5 Å². The van der Waals surface area contributed by atoms with Crippen LogP contribution in [0, 0.1) is 17.8 Å². The van der Waals surface area contributed by atoms with Crippen molar-refractivity contribution in [3.05, 3.63) is 155 Å². The number of hydrogen-bond acceptors (Lipinski definition) is 25. The number of aromatic amines is 1. The molecule has 0 aromatic carbocycles. The molecule has 17 rings (SSSR count). The summed E-state index contributed by atoms with van der Waals surface area (Å²) in [5.41, 5.74) is 7.93. The van der Waals surface area contributed by atoms with E-state index in [0.717, 1.165) is 50.0 Å². The molecule has 14 heterocycles. The van der Waals surface area contributed by atoms with Crippen molar-refractivity contribution < 1.29 is 38.4 Å². The molecule has 32 nitrogen and oxygen atoms in total. The van der Waals surface area contributed by atoms with Crippen molar-refractivity contribution in [2.45, 2.75) is 55.5 Å². The van der Waals surface area contributed by atoms with Crippen molar-refractivity contribution in [2.75, 3.05) is 78.3 Å². The SMILES string of the molecule is NC(=O)c1[nH]c(=O)c(Br)cc1Cl.Nc1cc(NC(=O)C2CC2)ncn1.O=C1CSC1.O=C1NC2(CSC2)n2c1c(Cl)cc(Br)c2=O.O=C1NC2(CSC2)n2c1c(Cl)cc(Nc1cc(NC(=O)C3CC3)ncn1)c2=O.O=C1NC2(CSC2)n2c1c(Cl)cc(Nc1cc(NC(=O)C3CC3)ncn1)c2=O. The lowest BCUT2D eigenvalue weighted by Crippen LogP contribution is -2.57. The van der Waals surface area contributed by atoms with E-state index in [9.17, 15) is 57.5 Å². The monoisotopic (exact) mass is 1670 g/mol. The molecule has 7 aliphatic heterocycles. The number of amides is 7. The van der Waals surface area contributed by atoms with Gasteiger partial charge in [-0.1, -0.05) is 46.4 Å². The number of nitrogens with zero attached hydrogens (tertiary/aromatic N) is 9. The van der Waals surface area contributed by atoms with Gasteiger partial charge in [0.15, 0.2) is 5.78 Å². The number of anilines is 8. The van der Waals surface area contributed by atoms with Gasteiger partial charge in [0.25, 0.3) is 45.9 Å². The fourth-order valence-electron chi connectivity index (χ4n) is 10.5. The van der Waals surface area contributed by atoms with Crippen molar-refractivity contribution in [1.82, 2.24) is 64.5 Å². The van der Waals surface area contributed by atoms with Crippen molar-refractivity contribution in [2.24, 2.45) is 23.5 Å². The first-order valence-electron chi connectivity index (χ1n) is 30.6. The summed E-state index contributed by atoms with van der Waals surface area (Å²) in [7, 11) is 0. The van der Waals surface area contributed by atoms with Crippen LogP contribution in [0.3, 0.4) is 0 Å². The number of pyridine rings is 4. The third kappa shape index (κ3) is 16.0. The van der Waals surface area contributed by atoms with E-state index < -0.39 is 28.5 Å². The second-order valence-electron chi connectivity index (χ2n) is 24.1. The predicted molar refractivity (Wildman–Crippen MR) is 395 cm³/mol. The van der Waals surface area contributed by atoms with E-state index in [1.165, 1.54) is 56.9 Å². The molecule has 7 fully saturated rings. The van der Waals surface area contributed by atoms with Gasteiger partial charge >= 0.3 is 0 Å². The average Bonchev–Trinajstić information content (AvgIpc) is 1.56. The number of H-pyrrole nitrogens is 1. The highest BCUT2D eigenvalue weighted by Crippen LogP contribution is 2.43. The third-order valence-corrected chi connectivity index (χ3v) is 23.8. The molecule has 7 amide bonds. The number of carbonyl (C=O) groups is 8. The van der Waals surface area contributed by atoms with Crippen molar-refractivity contribution in [3.8, 4) is 0 Å². The zero-order chi connectivity index (χ0) is 72.7. The van der Waals surface area contributed by atoms with E-state index in [2.05, 4.69) is 109 Å². The molecule has 0 unspecified atom stereocenters. The zero-order valence-electron chi connectivity index (χ0n) is 52.4. The molecule has 7 aromatic heterocycles. The van der Waals surface area contributed by atoms with E-state index >= 15 is 0 Å². The average molecular weight is 1680 g/mol. The summed E-state index contributed by atoms with van der Waals surface area (Å²) in [4.78, 5) is 167. The smallest absolute Gasteiger partial charge is 0.276 e. The topological polar surface area (TPSA) is 461 Å². The number of aromatic nitrogens is 10. The quantitative estimate of drug-likeness (QED) is 0.0701. The van der Waals surface area contributed by atoms with Crippen LogP contribution in [0.4, 0.5) is 46.3 Å². The van der Waals surface area contributed by atoms with E-state index in [4.69, 9.17) is 57.9 Å². The highest BCUT2D eigenvalue weighted by atomic mass is 79.9. The minimum absolute atomic E-state index is 0.0260. The summed E-state index contributed by atoms with van der Waals surface area (Å²) in [6.45, 7) is 0. The van der Waals surface area contributed by atoms with Crippen LogP contribution in [0.5, 0.6) is 0 Å². The normalized spacial score (nSPS) is 17.8. The number of Topliss-reactive ketones (excluding diaryl/α,β-unsaturated/α-hetero) is 1. The summed E-state index contributed by atoms with van der Waals surface area (Å²) in [6.07, 6.45) is 9.44. The lowest BCUT2D eigenvalue weighted by atomic mass is 10.2. The Bertz CT molecular complexity index is 4760. The van der Waals surface area contributed by atoms with E-state index in [-0.39, 0.29) is 124 Å². The van der Waals surface area contributed by atoms with Gasteiger partial charge in [-0.2, -0.15) is 35.3 Å². The van der Waals surface area contributed by atoms with Gasteiger partial charge in [-0.3, -0.25) is 71.2 Å². The minimum atomic E-state index is -0.760. The number of nitrogens with one attached hydrogen (secondary N) is 9. The van der Waals surface area contributed by atoms with E-state index in [1.807, 2.05) is 0 Å². The fourth-order valence-corrected chi connectivity index (χ4v) is 15.9. The Labute approximate surface area is 628 Å². The molecule has 3 saturated carbocycles. The number of primary amides is 1. The van der Waals surface area contributed by atoms with E-state index in [1.54, 1.807) is 65.2 Å². The first kappa shape index (κ1) is 73.7. The van der Waals surface area contributed by atoms with Crippen molar-refractivity contribution in [3.63, 3.8) is 0 Å². The van der Waals surface area contributed by atoms with Crippen LogP contribution in [-0.2, 0) is 36.2 Å². The van der Waals surface area contributed by atoms with Crippen LogP contribution in [0.2, 0.25) is 20.1 Å². The molecule has 3 spiro atoms. The molecule has 102 heavy (non-hydrogen) atoms. The molecule has 0 atom stereocenters. The van der Waals surface area contributed by atoms with Crippen molar-refractivity contribution in [1.29, 1.82) is 0 Å². The summed E-state index contributed by atoms with van der Waals surface area (Å²) in [6, 6.07) is 10.3. The van der Waals surface area contributed by atoms with Gasteiger partial charge in [0.2, 0.25) is 17.7 Å². The number of halogens is 6. The summed E-state index contributed by atoms with van der Waals surface area (Å²) in [5, 5.41) is 23.4. The number of rotatable bonds is 11. The number of nitrogen functional groups attached to an aromatic ring is 1. The highest BCUT2D eigenvalue weighted by Gasteiger charge is 2.52. The first-order chi connectivity index (χ1) is 48.6. The Morgan fingerprint density at radius 1 is 0.471 bits per heavy atom. The molecule has 4 saturated heterocycles. The van der Waals surface area contributed by atoms with Gasteiger partial charge in [-0.25, -0.2) is 29.9 Å². The van der Waals surface area contributed by atoms with Crippen LogP contribution in [0.15, 0.2) is 89.6 Å². The Hall–Kier alpha value is -8.08. The van der Waals surface area contributed by atoms with Gasteiger partial charge in [-0.15, -0.1) is 11.8 Å². The fraction of sp³-hybridized carbons (Fsp3) is 0.333. The Morgan fingerprint density at radius 2 is 0.814 bits per heavy atom. The molecular formula is C60H54Br2Cl4N20O12S4.